The van der Waals surface area contributed by atoms with Crippen molar-refractivity contribution in [1.82, 2.24) is 4.98 Å². The van der Waals surface area contributed by atoms with Crippen LogP contribution in [0.3, 0.4) is 0 Å². The van der Waals surface area contributed by atoms with Crippen LogP contribution >= 0.6 is 0 Å². The molecule has 1 aromatic carbocycles. The Morgan fingerprint density at radius 1 is 1.14 bits per heavy atom. The maximum Gasteiger partial charge on any atom is 0.224 e. The lowest BCUT2D eigenvalue weighted by atomic mass is 9.86. The number of anilines is 1. The second-order valence-electron chi connectivity index (χ2n) is 6.24. The van der Waals surface area contributed by atoms with Crippen molar-refractivity contribution in [1.29, 1.82) is 0 Å². The number of benzene rings is 1. The molecule has 0 aliphatic carbocycles. The fraction of sp³-hybridized carbons (Fsp3) is 0.333. The molecule has 0 saturated carbocycles. The molecule has 0 bridgehead atoms. The maximum absolute atomic E-state index is 11.9. The minimum Gasteiger partial charge on any atom is -0.325 e. The van der Waals surface area contributed by atoms with Crippen LogP contribution in [0, 0.1) is 0 Å². The van der Waals surface area contributed by atoms with Gasteiger partial charge in [0, 0.05) is 12.6 Å². The van der Waals surface area contributed by atoms with Gasteiger partial charge in [-0.05, 0) is 35.1 Å². The first-order chi connectivity index (χ1) is 9.95. The molecular weight excluding hydrogens is 260 g/mol. The molecule has 21 heavy (non-hydrogen) atoms. The maximum atomic E-state index is 11.9. The van der Waals surface area contributed by atoms with Crippen molar-refractivity contribution < 1.29 is 4.79 Å². The van der Waals surface area contributed by atoms with Gasteiger partial charge in [0.25, 0.3) is 0 Å². The van der Waals surface area contributed by atoms with E-state index < -0.39 is 0 Å². The zero-order valence-electron chi connectivity index (χ0n) is 12.9. The summed E-state index contributed by atoms with van der Waals surface area (Å²) in [6, 6.07) is 12.2. The first-order valence-electron chi connectivity index (χ1n) is 7.24. The number of rotatable bonds is 4. The van der Waals surface area contributed by atoms with Gasteiger partial charge in [-0.2, -0.15) is 0 Å². The predicted molar refractivity (Wildman–Crippen MR) is 86.3 cm³/mol. The highest BCUT2D eigenvalue weighted by Gasteiger charge is 2.12. The van der Waals surface area contributed by atoms with Crippen LogP contribution in [0.15, 0.2) is 48.8 Å². The molecule has 0 radical (unpaired) electrons. The largest absolute Gasteiger partial charge is 0.325 e. The fourth-order valence-electron chi connectivity index (χ4n) is 2.09. The van der Waals surface area contributed by atoms with Crippen LogP contribution < -0.4 is 5.32 Å². The zero-order chi connectivity index (χ0) is 15.3. The molecule has 2 rings (SSSR count). The molecule has 3 heteroatoms. The summed E-state index contributed by atoms with van der Waals surface area (Å²) in [5.41, 5.74) is 3.40. The Morgan fingerprint density at radius 3 is 2.43 bits per heavy atom. The Hall–Kier alpha value is -2.16. The van der Waals surface area contributed by atoms with Gasteiger partial charge in [-0.25, -0.2) is 0 Å². The number of amides is 1. The summed E-state index contributed by atoms with van der Waals surface area (Å²) in [7, 11) is 0. The number of aromatic nitrogens is 1. The van der Waals surface area contributed by atoms with Gasteiger partial charge in [0.2, 0.25) is 5.91 Å². The van der Waals surface area contributed by atoms with Crippen LogP contribution in [0.1, 0.15) is 38.3 Å². The second kappa shape index (κ2) is 6.53. The van der Waals surface area contributed by atoms with E-state index in [2.05, 4.69) is 55.3 Å². The van der Waals surface area contributed by atoms with Gasteiger partial charge in [-0.15, -0.1) is 0 Å². The van der Waals surface area contributed by atoms with Crippen LogP contribution in [0.25, 0.3) is 0 Å². The summed E-state index contributed by atoms with van der Waals surface area (Å²) in [4.78, 5) is 15.8. The molecule has 1 amide bonds. The molecule has 3 nitrogen and oxygen atoms in total. The van der Waals surface area contributed by atoms with Crippen molar-refractivity contribution in [3.63, 3.8) is 0 Å². The topological polar surface area (TPSA) is 42.0 Å². The quantitative estimate of drug-likeness (QED) is 0.922. The van der Waals surface area contributed by atoms with Crippen LogP contribution in [-0.4, -0.2) is 10.9 Å². The number of nitrogens with zero attached hydrogens (tertiary/aromatic N) is 1. The molecule has 1 heterocycles. The van der Waals surface area contributed by atoms with E-state index in [4.69, 9.17) is 0 Å². The number of hydrogen-bond donors (Lipinski definition) is 1. The molecule has 0 saturated heterocycles. The van der Waals surface area contributed by atoms with Gasteiger partial charge < -0.3 is 5.32 Å². The minimum atomic E-state index is 0.0166. The van der Waals surface area contributed by atoms with Gasteiger partial charge in [0.15, 0.2) is 0 Å². The molecule has 0 aliphatic rings. The Kier molecular flexibility index (Phi) is 4.73. The van der Waals surface area contributed by atoms with E-state index in [9.17, 15) is 4.79 Å². The lowest BCUT2D eigenvalue weighted by Gasteiger charge is -2.19. The molecule has 1 aromatic heterocycles. The van der Waals surface area contributed by atoms with Crippen molar-refractivity contribution in [2.24, 2.45) is 0 Å². The molecule has 0 spiro atoms. The van der Waals surface area contributed by atoms with Crippen molar-refractivity contribution in [3.05, 3.63) is 59.9 Å². The van der Waals surface area contributed by atoms with Crippen molar-refractivity contribution in [2.45, 2.75) is 39.0 Å². The van der Waals surface area contributed by atoms with Gasteiger partial charge >= 0.3 is 0 Å². The van der Waals surface area contributed by atoms with E-state index in [1.807, 2.05) is 6.07 Å². The Bertz CT molecular complexity index is 583. The SMILES string of the molecule is CC(C)(C)c1ccc(CCC(=O)Nc2cccnc2)cc1. The molecule has 0 atom stereocenters. The monoisotopic (exact) mass is 282 g/mol. The zero-order valence-corrected chi connectivity index (χ0v) is 12.9. The third-order valence-corrected chi connectivity index (χ3v) is 3.41. The van der Waals surface area contributed by atoms with Gasteiger partial charge in [0.1, 0.15) is 0 Å². The summed E-state index contributed by atoms with van der Waals surface area (Å²) >= 11 is 0. The summed E-state index contributed by atoms with van der Waals surface area (Å²) < 4.78 is 0. The standard InChI is InChI=1S/C18H22N2O/c1-18(2,3)15-9-6-14(7-10-15)8-11-17(21)20-16-5-4-12-19-13-16/h4-7,9-10,12-13H,8,11H2,1-3H3,(H,20,21). The number of pyridine rings is 1. The first kappa shape index (κ1) is 15.2. The highest BCUT2D eigenvalue weighted by atomic mass is 16.1. The molecular formula is C18H22N2O. The predicted octanol–water partition coefficient (Wildman–Crippen LogP) is 3.95. The van der Waals surface area contributed by atoms with E-state index in [1.165, 1.54) is 11.1 Å². The van der Waals surface area contributed by atoms with Gasteiger partial charge in [-0.3, -0.25) is 9.78 Å². The summed E-state index contributed by atoms with van der Waals surface area (Å²) in [5, 5.41) is 2.85. The van der Waals surface area contributed by atoms with E-state index in [1.54, 1.807) is 18.5 Å². The Balaban J connectivity index is 1.87. The van der Waals surface area contributed by atoms with Crippen molar-refractivity contribution in [2.75, 3.05) is 5.32 Å². The molecule has 2 aromatic rings. The van der Waals surface area contributed by atoms with E-state index in [-0.39, 0.29) is 11.3 Å². The summed E-state index contributed by atoms with van der Waals surface area (Å²) in [5.74, 6) is 0.0166. The molecule has 0 unspecified atom stereocenters. The van der Waals surface area contributed by atoms with Crippen LogP contribution in [0.4, 0.5) is 5.69 Å². The number of carbonyl (C=O) groups is 1. The Labute approximate surface area is 126 Å². The minimum absolute atomic E-state index is 0.0166. The average molecular weight is 282 g/mol. The normalized spacial score (nSPS) is 11.2. The number of carbonyl (C=O) groups excluding carboxylic acids is 1. The lowest BCUT2D eigenvalue weighted by molar-refractivity contribution is -0.116. The third-order valence-electron chi connectivity index (χ3n) is 3.41. The summed E-state index contributed by atoms with van der Waals surface area (Å²) in [6.45, 7) is 6.59. The van der Waals surface area contributed by atoms with Crippen LogP contribution in [-0.2, 0) is 16.6 Å². The average Bonchev–Trinajstić information content (AvgIpc) is 2.46. The number of nitrogens with one attached hydrogen (secondary N) is 1. The molecule has 110 valence electrons. The number of aryl methyl sites for hydroxylation is 1. The van der Waals surface area contributed by atoms with Gasteiger partial charge in [-0.1, -0.05) is 45.0 Å². The van der Waals surface area contributed by atoms with Crippen LogP contribution in [0.5, 0.6) is 0 Å². The van der Waals surface area contributed by atoms with Crippen molar-refractivity contribution >= 4 is 11.6 Å². The molecule has 0 fully saturated rings. The Morgan fingerprint density at radius 2 is 1.86 bits per heavy atom. The first-order valence-corrected chi connectivity index (χ1v) is 7.24. The fourth-order valence-corrected chi connectivity index (χ4v) is 2.09. The van der Waals surface area contributed by atoms with Crippen molar-refractivity contribution in [3.8, 4) is 0 Å². The second-order valence-corrected chi connectivity index (χ2v) is 6.24. The van der Waals surface area contributed by atoms with E-state index in [0.29, 0.717) is 6.42 Å². The van der Waals surface area contributed by atoms with E-state index >= 15 is 0 Å². The number of hydrogen-bond acceptors (Lipinski definition) is 2. The third kappa shape index (κ3) is 4.71. The van der Waals surface area contributed by atoms with Crippen LogP contribution in [0.2, 0.25) is 0 Å². The molecule has 1 N–H and O–H groups in total. The highest BCUT2D eigenvalue weighted by molar-refractivity contribution is 5.90. The smallest absolute Gasteiger partial charge is 0.224 e. The summed E-state index contributed by atoms with van der Waals surface area (Å²) in [6.07, 6.45) is 4.56. The molecule has 0 aliphatic heterocycles. The lowest BCUT2D eigenvalue weighted by Crippen LogP contribution is -2.13. The van der Waals surface area contributed by atoms with E-state index in [0.717, 1.165) is 12.1 Å². The van der Waals surface area contributed by atoms with Gasteiger partial charge in [0.05, 0.1) is 11.9 Å². The highest BCUT2D eigenvalue weighted by Crippen LogP contribution is 2.22.